The van der Waals surface area contributed by atoms with Gasteiger partial charge in [-0.05, 0) is 24.5 Å². The van der Waals surface area contributed by atoms with Gasteiger partial charge in [0, 0.05) is 11.9 Å². The van der Waals surface area contributed by atoms with E-state index in [9.17, 15) is 0 Å². The van der Waals surface area contributed by atoms with E-state index in [1.165, 1.54) is 0 Å². The van der Waals surface area contributed by atoms with E-state index < -0.39 is 0 Å². The average Bonchev–Trinajstić information content (AvgIpc) is 2.16. The molecule has 0 radical (unpaired) electrons. The lowest BCUT2D eigenvalue weighted by atomic mass is 10.3. The highest BCUT2D eigenvalue weighted by Crippen LogP contribution is 2.28. The van der Waals surface area contributed by atoms with Crippen LogP contribution in [0.5, 0.6) is 0 Å². The Kier molecular flexibility index (Phi) is 4.03. The fourth-order valence-corrected chi connectivity index (χ4v) is 1.54. The van der Waals surface area contributed by atoms with Crippen molar-refractivity contribution in [3.05, 3.63) is 23.2 Å². The van der Waals surface area contributed by atoms with Gasteiger partial charge < -0.3 is 0 Å². The summed E-state index contributed by atoms with van der Waals surface area (Å²) in [4.78, 5) is 8.70. The van der Waals surface area contributed by atoms with Crippen LogP contribution in [0.2, 0.25) is 5.02 Å². The van der Waals surface area contributed by atoms with Crippen molar-refractivity contribution in [3.63, 3.8) is 0 Å². The van der Waals surface area contributed by atoms with Crippen LogP contribution in [-0.4, -0.2) is 19.3 Å². The van der Waals surface area contributed by atoms with Crippen molar-refractivity contribution in [2.24, 2.45) is 9.98 Å². The Bertz CT molecular complexity index is 357. The summed E-state index contributed by atoms with van der Waals surface area (Å²) in [5.41, 5.74) is 0.699. The summed E-state index contributed by atoms with van der Waals surface area (Å²) in [6, 6.07) is 8.20. The highest BCUT2D eigenvalue weighted by atomic mass is 35.5. The van der Waals surface area contributed by atoms with Crippen LogP contribution in [-0.2, 0) is 0 Å². The van der Waals surface area contributed by atoms with Gasteiger partial charge in [-0.2, -0.15) is 4.99 Å². The summed E-state index contributed by atoms with van der Waals surface area (Å²) in [7, 11) is 1.62. The molecule has 0 saturated carbocycles. The van der Waals surface area contributed by atoms with E-state index in [1.54, 1.807) is 18.8 Å². The van der Waals surface area contributed by atoms with E-state index in [0.717, 1.165) is 4.90 Å². The summed E-state index contributed by atoms with van der Waals surface area (Å²) >= 11 is 7.60. The first-order chi connectivity index (χ1) is 6.27. The summed E-state index contributed by atoms with van der Waals surface area (Å²) in [5, 5.41) is 0.628. The maximum absolute atomic E-state index is 5.96. The van der Waals surface area contributed by atoms with Crippen molar-refractivity contribution in [2.45, 2.75) is 4.90 Å². The molecule has 0 fully saturated rings. The summed E-state index contributed by atoms with van der Waals surface area (Å²) in [6.07, 6.45) is 2.00. The Labute approximate surface area is 86.7 Å². The normalized spacial score (nSPS) is 9.15. The van der Waals surface area contributed by atoms with E-state index in [2.05, 4.69) is 16.0 Å². The topological polar surface area (TPSA) is 24.7 Å². The molecule has 0 aliphatic carbocycles. The van der Waals surface area contributed by atoms with Gasteiger partial charge in [-0.3, -0.25) is 0 Å². The molecule has 2 nitrogen and oxygen atoms in total. The molecular formula is C9H9ClN2S. The van der Waals surface area contributed by atoms with Gasteiger partial charge >= 0.3 is 0 Å². The van der Waals surface area contributed by atoms with Crippen molar-refractivity contribution in [1.82, 2.24) is 0 Å². The van der Waals surface area contributed by atoms with Crippen molar-refractivity contribution < 1.29 is 0 Å². The van der Waals surface area contributed by atoms with Gasteiger partial charge in [0.2, 0.25) is 0 Å². The molecule has 1 rings (SSSR count). The second kappa shape index (κ2) is 5.07. The Morgan fingerprint density at radius 2 is 2.23 bits per heavy atom. The third-order valence-corrected chi connectivity index (χ3v) is 2.45. The van der Waals surface area contributed by atoms with Crippen LogP contribution in [0.1, 0.15) is 0 Å². The lowest BCUT2D eigenvalue weighted by Gasteiger charge is -1.98. The van der Waals surface area contributed by atoms with Gasteiger partial charge in [0.25, 0.3) is 0 Å². The van der Waals surface area contributed by atoms with Crippen molar-refractivity contribution >= 4 is 35.1 Å². The summed E-state index contributed by atoms with van der Waals surface area (Å²) < 4.78 is 0. The van der Waals surface area contributed by atoms with E-state index in [0.29, 0.717) is 10.7 Å². The molecule has 68 valence electrons. The van der Waals surface area contributed by atoms with Crippen LogP contribution < -0.4 is 0 Å². The number of hydrogen-bond donors (Lipinski definition) is 0. The number of benzene rings is 1. The molecule has 0 unspecified atom stereocenters. The fourth-order valence-electron chi connectivity index (χ4n) is 0.809. The quantitative estimate of drug-likeness (QED) is 0.544. The minimum Gasteiger partial charge on any atom is -0.229 e. The predicted molar refractivity (Wildman–Crippen MR) is 58.7 cm³/mol. The maximum atomic E-state index is 5.96. The molecule has 0 atom stereocenters. The Morgan fingerprint density at radius 1 is 1.46 bits per heavy atom. The number of aliphatic imine (C=N–C) groups is 2. The molecule has 0 heterocycles. The SMILES string of the molecule is CN=C=Nc1ccc(SC)cc1Cl. The minimum absolute atomic E-state index is 0.628. The number of thioether (sulfide) groups is 1. The first-order valence-corrected chi connectivity index (χ1v) is 5.26. The largest absolute Gasteiger partial charge is 0.229 e. The van der Waals surface area contributed by atoms with Crippen molar-refractivity contribution in [3.8, 4) is 0 Å². The van der Waals surface area contributed by atoms with Crippen molar-refractivity contribution in [2.75, 3.05) is 13.3 Å². The Hall–Kier alpha value is -0.760. The van der Waals surface area contributed by atoms with E-state index in [4.69, 9.17) is 11.6 Å². The van der Waals surface area contributed by atoms with Gasteiger partial charge in [-0.25, -0.2) is 4.99 Å². The number of hydrogen-bond acceptors (Lipinski definition) is 3. The zero-order valence-corrected chi connectivity index (χ0v) is 8.99. The van der Waals surface area contributed by atoms with Gasteiger partial charge in [-0.1, -0.05) is 11.6 Å². The molecule has 0 bridgehead atoms. The lowest BCUT2D eigenvalue weighted by Crippen LogP contribution is -1.71. The second-order valence-electron chi connectivity index (χ2n) is 2.25. The van der Waals surface area contributed by atoms with E-state index >= 15 is 0 Å². The van der Waals surface area contributed by atoms with Gasteiger partial charge in [0.15, 0.2) is 0 Å². The molecule has 0 amide bonds. The monoisotopic (exact) mass is 212 g/mol. The third kappa shape index (κ3) is 2.88. The first kappa shape index (κ1) is 10.3. The molecule has 0 aliphatic rings. The summed E-state index contributed by atoms with van der Waals surface area (Å²) in [6.45, 7) is 0. The highest BCUT2D eigenvalue weighted by molar-refractivity contribution is 7.98. The third-order valence-electron chi connectivity index (χ3n) is 1.43. The van der Waals surface area contributed by atoms with E-state index in [-0.39, 0.29) is 0 Å². The predicted octanol–water partition coefficient (Wildman–Crippen LogP) is 3.50. The molecule has 0 aromatic heterocycles. The van der Waals surface area contributed by atoms with Gasteiger partial charge in [0.1, 0.15) is 0 Å². The smallest absolute Gasteiger partial charge is 0.0946 e. The highest BCUT2D eigenvalue weighted by Gasteiger charge is 1.98. The van der Waals surface area contributed by atoms with Gasteiger partial charge in [0.05, 0.1) is 16.7 Å². The fraction of sp³-hybridized carbons (Fsp3) is 0.222. The van der Waals surface area contributed by atoms with Crippen LogP contribution in [0.3, 0.4) is 0 Å². The van der Waals surface area contributed by atoms with Crippen LogP contribution in [0, 0.1) is 0 Å². The molecule has 1 aromatic carbocycles. The lowest BCUT2D eigenvalue weighted by molar-refractivity contribution is 1.41. The Balaban J connectivity index is 3.05. The number of halogens is 1. The zero-order valence-electron chi connectivity index (χ0n) is 7.41. The van der Waals surface area contributed by atoms with E-state index in [1.807, 2.05) is 24.5 Å². The molecule has 4 heteroatoms. The minimum atomic E-state index is 0.628. The van der Waals surface area contributed by atoms with Crippen LogP contribution in [0.25, 0.3) is 0 Å². The van der Waals surface area contributed by atoms with Crippen LogP contribution in [0.4, 0.5) is 5.69 Å². The number of rotatable bonds is 2. The molecule has 0 spiro atoms. The van der Waals surface area contributed by atoms with Crippen LogP contribution >= 0.6 is 23.4 Å². The molecule has 0 aliphatic heterocycles. The average molecular weight is 213 g/mol. The Morgan fingerprint density at radius 3 is 2.77 bits per heavy atom. The summed E-state index contributed by atoms with van der Waals surface area (Å²) in [5.74, 6) is 0. The van der Waals surface area contributed by atoms with Crippen LogP contribution in [0.15, 0.2) is 33.1 Å². The first-order valence-electron chi connectivity index (χ1n) is 3.66. The van der Waals surface area contributed by atoms with Gasteiger partial charge in [-0.15, -0.1) is 11.8 Å². The number of nitrogens with zero attached hydrogens (tertiary/aromatic N) is 2. The standard InChI is InChI=1S/C9H9ClN2S/c1-11-6-12-9-4-3-7(13-2)5-8(9)10/h3-5H,1-2H3. The molecule has 0 N–H and O–H groups in total. The molecular weight excluding hydrogens is 204 g/mol. The zero-order chi connectivity index (χ0) is 9.68. The second-order valence-corrected chi connectivity index (χ2v) is 3.54. The van der Waals surface area contributed by atoms with Crippen molar-refractivity contribution in [1.29, 1.82) is 0 Å². The molecule has 1 aromatic rings. The maximum Gasteiger partial charge on any atom is 0.0946 e. The molecule has 0 saturated heterocycles. The molecule has 13 heavy (non-hydrogen) atoms.